The number of piperidine rings is 1. The lowest BCUT2D eigenvalue weighted by Gasteiger charge is -2.34. The number of amides is 2. The molecule has 2 rings (SSSR count). The topological polar surface area (TPSA) is 84.9 Å². The molecule has 0 aliphatic carbocycles. The Kier molecular flexibility index (Phi) is 8.05. The number of likely N-dealkylation sites (tertiary alicyclic amines) is 1. The van der Waals surface area contributed by atoms with Gasteiger partial charge < -0.3 is 19.7 Å². The molecule has 1 aromatic carbocycles. The highest BCUT2D eigenvalue weighted by molar-refractivity contribution is 5.81. The first-order chi connectivity index (χ1) is 13.7. The third-order valence-electron chi connectivity index (χ3n) is 4.64. The molecular formula is C22H32N2O5. The van der Waals surface area contributed by atoms with E-state index in [-0.39, 0.29) is 24.2 Å². The lowest BCUT2D eigenvalue weighted by atomic mass is 9.96. The quantitative estimate of drug-likeness (QED) is 0.734. The number of rotatable bonds is 6. The van der Waals surface area contributed by atoms with Crippen LogP contribution in [-0.2, 0) is 19.1 Å². The fourth-order valence-electron chi connectivity index (χ4n) is 3.30. The van der Waals surface area contributed by atoms with Crippen molar-refractivity contribution >= 4 is 18.0 Å². The predicted octanol–water partition coefficient (Wildman–Crippen LogP) is 3.44. The van der Waals surface area contributed by atoms with Gasteiger partial charge in [0.15, 0.2) is 0 Å². The van der Waals surface area contributed by atoms with Gasteiger partial charge >= 0.3 is 12.1 Å². The average molecular weight is 405 g/mol. The summed E-state index contributed by atoms with van der Waals surface area (Å²) in [5.41, 5.74) is 0.262. The molecule has 2 unspecified atom stereocenters. The highest BCUT2D eigenvalue weighted by atomic mass is 16.6. The Morgan fingerprint density at radius 1 is 1.21 bits per heavy atom. The van der Waals surface area contributed by atoms with Crippen molar-refractivity contribution in [2.24, 2.45) is 5.92 Å². The van der Waals surface area contributed by atoms with E-state index >= 15 is 0 Å². The summed E-state index contributed by atoms with van der Waals surface area (Å²) in [6.07, 6.45) is 1.07. The average Bonchev–Trinajstić information content (AvgIpc) is 2.67. The number of carbonyl (C=O) groups excluding carboxylic acids is 3. The van der Waals surface area contributed by atoms with Crippen LogP contribution in [0.25, 0.3) is 0 Å². The molecule has 2 atom stereocenters. The summed E-state index contributed by atoms with van der Waals surface area (Å²) in [5.74, 6) is -0.873. The molecule has 7 heteroatoms. The van der Waals surface area contributed by atoms with E-state index in [4.69, 9.17) is 9.47 Å². The van der Waals surface area contributed by atoms with Crippen LogP contribution in [0.1, 0.15) is 58.6 Å². The lowest BCUT2D eigenvalue weighted by Crippen LogP contribution is -2.47. The lowest BCUT2D eigenvalue weighted by molar-refractivity contribution is -0.144. The zero-order valence-corrected chi connectivity index (χ0v) is 17.8. The van der Waals surface area contributed by atoms with Gasteiger partial charge in [0.1, 0.15) is 5.60 Å². The summed E-state index contributed by atoms with van der Waals surface area (Å²) in [7, 11) is 0. The van der Waals surface area contributed by atoms with Gasteiger partial charge in [-0.3, -0.25) is 9.59 Å². The summed E-state index contributed by atoms with van der Waals surface area (Å²) in [6.45, 7) is 8.38. The molecule has 1 N–H and O–H groups in total. The van der Waals surface area contributed by atoms with E-state index in [9.17, 15) is 14.4 Å². The minimum absolute atomic E-state index is 0.0616. The molecule has 0 saturated carbocycles. The van der Waals surface area contributed by atoms with E-state index in [0.717, 1.165) is 12.0 Å². The smallest absolute Gasteiger partial charge is 0.410 e. The molecule has 0 radical (unpaired) electrons. The number of nitrogens with zero attached hydrogens (tertiary/aromatic N) is 1. The normalized spacial score (nSPS) is 17.9. The summed E-state index contributed by atoms with van der Waals surface area (Å²) < 4.78 is 10.5. The first-order valence-corrected chi connectivity index (χ1v) is 10.2. The van der Waals surface area contributed by atoms with Crippen LogP contribution in [0.2, 0.25) is 0 Å². The van der Waals surface area contributed by atoms with Gasteiger partial charge in [0.2, 0.25) is 5.91 Å². The number of carbonyl (C=O) groups is 3. The molecule has 160 valence electrons. The van der Waals surface area contributed by atoms with Crippen molar-refractivity contribution in [2.75, 3.05) is 19.7 Å². The number of benzene rings is 1. The summed E-state index contributed by atoms with van der Waals surface area (Å²) in [5, 5.41) is 2.98. The monoisotopic (exact) mass is 404 g/mol. The molecule has 0 spiro atoms. The molecule has 1 aliphatic heterocycles. The third kappa shape index (κ3) is 7.40. The van der Waals surface area contributed by atoms with Crippen LogP contribution in [0, 0.1) is 5.92 Å². The van der Waals surface area contributed by atoms with E-state index in [1.807, 2.05) is 51.1 Å². The fourth-order valence-corrected chi connectivity index (χ4v) is 3.30. The molecular weight excluding hydrogens is 372 g/mol. The molecule has 1 fully saturated rings. The van der Waals surface area contributed by atoms with Gasteiger partial charge in [-0.25, -0.2) is 4.79 Å². The molecule has 1 aromatic rings. The van der Waals surface area contributed by atoms with Gasteiger partial charge in [0.25, 0.3) is 0 Å². The van der Waals surface area contributed by atoms with Crippen LogP contribution in [0.15, 0.2) is 30.3 Å². The highest BCUT2D eigenvalue weighted by Gasteiger charge is 2.32. The van der Waals surface area contributed by atoms with Gasteiger partial charge in [-0.15, -0.1) is 0 Å². The Balaban J connectivity index is 2.04. The molecule has 0 aromatic heterocycles. The van der Waals surface area contributed by atoms with E-state index < -0.39 is 17.7 Å². The minimum atomic E-state index is -0.579. The van der Waals surface area contributed by atoms with Crippen molar-refractivity contribution in [3.05, 3.63) is 35.9 Å². The number of ether oxygens (including phenoxy) is 2. The third-order valence-corrected chi connectivity index (χ3v) is 4.64. The standard InChI is InChI=1S/C22H32N2O5/c1-5-28-19(25)14-18(16-10-7-6-8-11-16)23-20(26)17-12-9-13-24(15-17)21(27)29-22(2,3)4/h6-8,10-11,17-18H,5,9,12-15H2,1-4H3,(H,23,26). The SMILES string of the molecule is CCOC(=O)CC(NC(=O)C1CCCN(C(=O)OC(C)(C)C)C1)c1ccccc1. The van der Waals surface area contributed by atoms with Gasteiger partial charge in [0.05, 0.1) is 25.0 Å². The van der Waals surface area contributed by atoms with Crippen LogP contribution in [0.5, 0.6) is 0 Å². The number of hydrogen-bond donors (Lipinski definition) is 1. The number of nitrogens with one attached hydrogen (secondary N) is 1. The van der Waals surface area contributed by atoms with Crippen molar-refractivity contribution in [1.82, 2.24) is 10.2 Å². The zero-order valence-electron chi connectivity index (χ0n) is 17.8. The Hall–Kier alpha value is -2.57. The van der Waals surface area contributed by atoms with Crippen molar-refractivity contribution in [3.8, 4) is 0 Å². The number of hydrogen-bond acceptors (Lipinski definition) is 5. The molecule has 2 amide bonds. The van der Waals surface area contributed by atoms with Crippen LogP contribution in [0.3, 0.4) is 0 Å². The van der Waals surface area contributed by atoms with E-state index in [2.05, 4.69) is 5.32 Å². The number of esters is 1. The maximum Gasteiger partial charge on any atom is 0.410 e. The Morgan fingerprint density at radius 3 is 2.52 bits per heavy atom. The van der Waals surface area contributed by atoms with Gasteiger partial charge in [-0.05, 0) is 46.1 Å². The second kappa shape index (κ2) is 10.3. The van der Waals surface area contributed by atoms with Crippen molar-refractivity contribution in [2.45, 2.75) is 58.6 Å². The van der Waals surface area contributed by atoms with Crippen LogP contribution in [0.4, 0.5) is 4.79 Å². The van der Waals surface area contributed by atoms with Crippen LogP contribution < -0.4 is 5.32 Å². The summed E-state index contributed by atoms with van der Waals surface area (Å²) >= 11 is 0. The molecule has 0 bridgehead atoms. The largest absolute Gasteiger partial charge is 0.466 e. The van der Waals surface area contributed by atoms with Gasteiger partial charge in [-0.2, -0.15) is 0 Å². The van der Waals surface area contributed by atoms with E-state index in [1.54, 1.807) is 11.8 Å². The van der Waals surface area contributed by atoms with E-state index in [0.29, 0.717) is 26.1 Å². The first-order valence-electron chi connectivity index (χ1n) is 10.2. The highest BCUT2D eigenvalue weighted by Crippen LogP contribution is 2.23. The zero-order chi connectivity index (χ0) is 21.4. The predicted molar refractivity (Wildman–Crippen MR) is 109 cm³/mol. The Bertz CT molecular complexity index is 699. The maximum atomic E-state index is 12.9. The summed E-state index contributed by atoms with van der Waals surface area (Å²) in [6, 6.07) is 8.89. The first kappa shape index (κ1) is 22.7. The van der Waals surface area contributed by atoms with Gasteiger partial charge in [0, 0.05) is 13.1 Å². The van der Waals surface area contributed by atoms with Crippen molar-refractivity contribution < 1.29 is 23.9 Å². The van der Waals surface area contributed by atoms with Crippen LogP contribution >= 0.6 is 0 Å². The van der Waals surface area contributed by atoms with Crippen molar-refractivity contribution in [1.29, 1.82) is 0 Å². The second-order valence-corrected chi connectivity index (χ2v) is 8.25. The molecule has 1 saturated heterocycles. The summed E-state index contributed by atoms with van der Waals surface area (Å²) in [4.78, 5) is 38.9. The van der Waals surface area contributed by atoms with Crippen LogP contribution in [-0.4, -0.2) is 48.2 Å². The molecule has 1 aliphatic rings. The fraction of sp³-hybridized carbons (Fsp3) is 0.591. The molecule has 7 nitrogen and oxygen atoms in total. The minimum Gasteiger partial charge on any atom is -0.466 e. The van der Waals surface area contributed by atoms with E-state index in [1.165, 1.54) is 0 Å². The molecule has 29 heavy (non-hydrogen) atoms. The Labute approximate surface area is 172 Å². The van der Waals surface area contributed by atoms with Gasteiger partial charge in [-0.1, -0.05) is 30.3 Å². The molecule has 1 heterocycles. The van der Waals surface area contributed by atoms with Crippen molar-refractivity contribution in [3.63, 3.8) is 0 Å². The maximum absolute atomic E-state index is 12.9. The second-order valence-electron chi connectivity index (χ2n) is 8.25. The Morgan fingerprint density at radius 2 is 1.90 bits per heavy atom.